The Balaban J connectivity index is 3.06. The molecular formula is C21H39ClO. The van der Waals surface area contributed by atoms with Gasteiger partial charge >= 0.3 is 0 Å². The summed E-state index contributed by atoms with van der Waals surface area (Å²) in [5, 5.41) is -0.197. The van der Waals surface area contributed by atoms with Crippen molar-refractivity contribution in [2.24, 2.45) is 0 Å². The Morgan fingerprint density at radius 2 is 1.04 bits per heavy atom. The predicted molar refractivity (Wildman–Crippen MR) is 104 cm³/mol. The van der Waals surface area contributed by atoms with Gasteiger partial charge in [-0.2, -0.15) is 0 Å². The second kappa shape index (κ2) is 19.7. The molecule has 0 aliphatic heterocycles. The maximum absolute atomic E-state index is 10.6. The summed E-state index contributed by atoms with van der Waals surface area (Å²) in [5.74, 6) is 0. The van der Waals surface area contributed by atoms with Crippen LogP contribution in [0, 0.1) is 0 Å². The summed E-state index contributed by atoms with van der Waals surface area (Å²) in [6, 6.07) is 0. The van der Waals surface area contributed by atoms with E-state index >= 15 is 0 Å². The minimum atomic E-state index is -0.197. The van der Waals surface area contributed by atoms with Crippen LogP contribution in [0.3, 0.4) is 0 Å². The molecule has 0 radical (unpaired) electrons. The molecule has 0 aromatic carbocycles. The molecule has 0 amide bonds. The first kappa shape index (κ1) is 22.7. The highest BCUT2D eigenvalue weighted by Gasteiger charge is 1.95. The standard InChI is InChI=1S/C21H39ClO/c1-2-3-4-5-6-7-8-9-10-11-12-13-14-15-16-17-18-19-20-21(22)23/h14-15H,2-13,16-20H2,1H3/b15-14+. The zero-order chi connectivity index (χ0) is 17.0. The van der Waals surface area contributed by atoms with Crippen LogP contribution < -0.4 is 0 Å². The fourth-order valence-electron chi connectivity index (χ4n) is 2.87. The second-order valence-corrected chi connectivity index (χ2v) is 7.17. The number of carbonyl (C=O) groups is 1. The number of unbranched alkanes of at least 4 members (excludes halogenated alkanes) is 14. The first-order valence-electron chi connectivity index (χ1n) is 10.1. The van der Waals surface area contributed by atoms with E-state index in [-0.39, 0.29) is 5.24 Å². The molecule has 0 saturated heterocycles. The normalized spacial score (nSPS) is 11.4. The number of hydrogen-bond acceptors (Lipinski definition) is 1. The molecule has 0 fully saturated rings. The molecule has 0 saturated carbocycles. The monoisotopic (exact) mass is 342 g/mol. The van der Waals surface area contributed by atoms with Crippen molar-refractivity contribution >= 4 is 16.8 Å². The molecule has 0 unspecified atom stereocenters. The van der Waals surface area contributed by atoms with Crippen LogP contribution in [0.15, 0.2) is 12.2 Å². The topological polar surface area (TPSA) is 17.1 Å². The average Bonchev–Trinajstić information content (AvgIpc) is 2.53. The highest BCUT2D eigenvalue weighted by atomic mass is 35.5. The van der Waals surface area contributed by atoms with Gasteiger partial charge in [0.05, 0.1) is 0 Å². The summed E-state index contributed by atoms with van der Waals surface area (Å²) in [6.07, 6.45) is 26.3. The van der Waals surface area contributed by atoms with E-state index in [9.17, 15) is 4.79 Å². The number of allylic oxidation sites excluding steroid dienone is 2. The lowest BCUT2D eigenvalue weighted by atomic mass is 10.1. The van der Waals surface area contributed by atoms with Crippen molar-refractivity contribution < 1.29 is 4.79 Å². The molecule has 0 aromatic rings. The third kappa shape index (κ3) is 21.7. The van der Waals surface area contributed by atoms with E-state index in [1.165, 1.54) is 83.5 Å². The van der Waals surface area contributed by atoms with Crippen LogP contribution >= 0.6 is 11.6 Å². The summed E-state index contributed by atoms with van der Waals surface area (Å²) in [4.78, 5) is 10.6. The Labute approximate surface area is 150 Å². The van der Waals surface area contributed by atoms with Gasteiger partial charge in [0.25, 0.3) is 0 Å². The van der Waals surface area contributed by atoms with E-state index in [1.54, 1.807) is 0 Å². The Morgan fingerprint density at radius 3 is 1.48 bits per heavy atom. The molecule has 136 valence electrons. The molecule has 0 spiro atoms. The van der Waals surface area contributed by atoms with Crippen LogP contribution in [0.2, 0.25) is 0 Å². The van der Waals surface area contributed by atoms with Gasteiger partial charge in [-0.25, -0.2) is 0 Å². The Kier molecular flexibility index (Phi) is 19.5. The van der Waals surface area contributed by atoms with Crippen molar-refractivity contribution in [3.8, 4) is 0 Å². The third-order valence-corrected chi connectivity index (χ3v) is 4.57. The summed E-state index contributed by atoms with van der Waals surface area (Å²) in [5.41, 5.74) is 0. The molecular weight excluding hydrogens is 304 g/mol. The largest absolute Gasteiger partial charge is 0.281 e. The summed E-state index contributed by atoms with van der Waals surface area (Å²) in [6.45, 7) is 2.28. The summed E-state index contributed by atoms with van der Waals surface area (Å²) < 4.78 is 0. The molecule has 0 aliphatic carbocycles. The van der Waals surface area contributed by atoms with Crippen LogP contribution in [-0.2, 0) is 4.79 Å². The molecule has 0 bridgehead atoms. The quantitative estimate of drug-likeness (QED) is 0.140. The highest BCUT2D eigenvalue weighted by molar-refractivity contribution is 6.63. The number of hydrogen-bond donors (Lipinski definition) is 0. The number of rotatable bonds is 18. The number of halogens is 1. The number of carbonyl (C=O) groups excluding carboxylic acids is 1. The van der Waals surface area contributed by atoms with Gasteiger partial charge in [-0.3, -0.25) is 4.79 Å². The van der Waals surface area contributed by atoms with E-state index in [0.29, 0.717) is 6.42 Å². The zero-order valence-electron chi connectivity index (χ0n) is 15.5. The maximum atomic E-state index is 10.6. The van der Waals surface area contributed by atoms with Crippen molar-refractivity contribution in [3.05, 3.63) is 12.2 Å². The van der Waals surface area contributed by atoms with Crippen molar-refractivity contribution in [3.63, 3.8) is 0 Å². The van der Waals surface area contributed by atoms with Crippen molar-refractivity contribution in [2.45, 2.75) is 116 Å². The molecule has 1 nitrogen and oxygen atoms in total. The first-order chi connectivity index (χ1) is 11.3. The van der Waals surface area contributed by atoms with Crippen LogP contribution in [0.4, 0.5) is 0 Å². The average molecular weight is 343 g/mol. The molecule has 0 atom stereocenters. The Morgan fingerprint density at radius 1 is 0.652 bits per heavy atom. The van der Waals surface area contributed by atoms with Gasteiger partial charge in [0.15, 0.2) is 0 Å². The molecule has 0 aromatic heterocycles. The molecule has 0 heterocycles. The van der Waals surface area contributed by atoms with E-state index in [4.69, 9.17) is 11.6 Å². The van der Waals surface area contributed by atoms with Gasteiger partial charge in [0, 0.05) is 6.42 Å². The Bertz CT molecular complexity index is 273. The van der Waals surface area contributed by atoms with Crippen LogP contribution in [-0.4, -0.2) is 5.24 Å². The zero-order valence-corrected chi connectivity index (χ0v) is 16.2. The van der Waals surface area contributed by atoms with Gasteiger partial charge in [-0.05, 0) is 43.7 Å². The minimum absolute atomic E-state index is 0.197. The van der Waals surface area contributed by atoms with Gasteiger partial charge in [-0.1, -0.05) is 89.7 Å². The fourth-order valence-corrected chi connectivity index (χ4v) is 3.00. The predicted octanol–water partition coefficient (Wildman–Crippen LogP) is 7.96. The second-order valence-electron chi connectivity index (χ2n) is 6.75. The van der Waals surface area contributed by atoms with E-state index < -0.39 is 0 Å². The lowest BCUT2D eigenvalue weighted by Gasteiger charge is -2.01. The van der Waals surface area contributed by atoms with Gasteiger partial charge < -0.3 is 0 Å². The molecule has 23 heavy (non-hydrogen) atoms. The maximum Gasteiger partial charge on any atom is 0.221 e. The highest BCUT2D eigenvalue weighted by Crippen LogP contribution is 2.12. The summed E-state index contributed by atoms with van der Waals surface area (Å²) in [7, 11) is 0. The fraction of sp³-hybridized carbons (Fsp3) is 0.857. The van der Waals surface area contributed by atoms with E-state index in [1.807, 2.05) is 0 Å². The SMILES string of the molecule is CCCCCCCCCCCCC/C=C/CCCCCC(=O)Cl. The minimum Gasteiger partial charge on any atom is -0.281 e. The van der Waals surface area contributed by atoms with Crippen molar-refractivity contribution in [2.75, 3.05) is 0 Å². The molecule has 0 rings (SSSR count). The smallest absolute Gasteiger partial charge is 0.221 e. The van der Waals surface area contributed by atoms with Gasteiger partial charge in [-0.15, -0.1) is 0 Å². The molecule has 0 aliphatic rings. The van der Waals surface area contributed by atoms with Crippen LogP contribution in [0.1, 0.15) is 116 Å². The third-order valence-electron chi connectivity index (χ3n) is 4.39. The summed E-state index contributed by atoms with van der Waals surface area (Å²) >= 11 is 5.30. The Hall–Kier alpha value is -0.300. The van der Waals surface area contributed by atoms with E-state index in [0.717, 1.165) is 19.3 Å². The van der Waals surface area contributed by atoms with Crippen LogP contribution in [0.5, 0.6) is 0 Å². The van der Waals surface area contributed by atoms with Crippen LogP contribution in [0.25, 0.3) is 0 Å². The van der Waals surface area contributed by atoms with Gasteiger partial charge in [0.2, 0.25) is 5.24 Å². The van der Waals surface area contributed by atoms with E-state index in [2.05, 4.69) is 19.1 Å². The lowest BCUT2D eigenvalue weighted by molar-refractivity contribution is -0.111. The van der Waals surface area contributed by atoms with Crippen molar-refractivity contribution in [1.82, 2.24) is 0 Å². The molecule has 2 heteroatoms. The van der Waals surface area contributed by atoms with Gasteiger partial charge in [0.1, 0.15) is 0 Å². The van der Waals surface area contributed by atoms with Crippen molar-refractivity contribution in [1.29, 1.82) is 0 Å². The lowest BCUT2D eigenvalue weighted by Crippen LogP contribution is -1.85. The first-order valence-corrected chi connectivity index (χ1v) is 10.5. The molecule has 0 N–H and O–H groups in total.